The fourth-order valence-corrected chi connectivity index (χ4v) is 1.41. The van der Waals surface area contributed by atoms with Gasteiger partial charge in [0.25, 0.3) is 0 Å². The molecule has 4 heteroatoms. The van der Waals surface area contributed by atoms with Crippen molar-refractivity contribution in [3.63, 3.8) is 0 Å². The molecule has 0 aliphatic rings. The molecule has 3 N–H and O–H groups in total. The zero-order chi connectivity index (χ0) is 10.8. The highest BCUT2D eigenvalue weighted by Gasteiger charge is 2.19. The van der Waals surface area contributed by atoms with Crippen LogP contribution in [0.5, 0.6) is 0 Å². The first-order chi connectivity index (χ1) is 6.79. The quantitative estimate of drug-likeness (QED) is 0.435. The lowest BCUT2D eigenvalue weighted by Gasteiger charge is -2.25. The van der Waals surface area contributed by atoms with Crippen molar-refractivity contribution in [3.05, 3.63) is 0 Å². The van der Waals surface area contributed by atoms with Crippen LogP contribution in [-0.2, 0) is 9.47 Å². The molecule has 86 valence electrons. The van der Waals surface area contributed by atoms with E-state index in [4.69, 9.17) is 15.3 Å². The Balaban J connectivity index is 3.96. The van der Waals surface area contributed by atoms with E-state index >= 15 is 0 Å². The Morgan fingerprint density at radius 2 is 1.93 bits per heavy atom. The van der Waals surface area contributed by atoms with Crippen molar-refractivity contribution in [1.29, 1.82) is 0 Å². The molecule has 0 spiro atoms. The zero-order valence-electron chi connectivity index (χ0n) is 9.58. The summed E-state index contributed by atoms with van der Waals surface area (Å²) in [5.74, 6) is 5.46. The molecule has 0 saturated heterocycles. The normalized spacial score (nSPS) is 15.4. The average molecular weight is 204 g/mol. The Labute approximate surface area is 87.1 Å². The van der Waals surface area contributed by atoms with E-state index in [9.17, 15) is 0 Å². The first-order valence-corrected chi connectivity index (χ1v) is 5.45. The summed E-state index contributed by atoms with van der Waals surface area (Å²) in [6.07, 6.45) is 2.26. The van der Waals surface area contributed by atoms with Crippen LogP contribution < -0.4 is 11.3 Å². The van der Waals surface area contributed by atoms with Gasteiger partial charge in [0, 0.05) is 13.2 Å². The van der Waals surface area contributed by atoms with Gasteiger partial charge in [-0.25, -0.2) is 0 Å². The highest BCUT2D eigenvalue weighted by atomic mass is 16.5. The van der Waals surface area contributed by atoms with Crippen LogP contribution in [0, 0.1) is 0 Å². The Hall–Kier alpha value is -0.160. The van der Waals surface area contributed by atoms with E-state index in [0.29, 0.717) is 13.2 Å². The van der Waals surface area contributed by atoms with Crippen LogP contribution in [0.2, 0.25) is 0 Å². The van der Waals surface area contributed by atoms with E-state index in [0.717, 1.165) is 19.4 Å². The van der Waals surface area contributed by atoms with Gasteiger partial charge >= 0.3 is 0 Å². The minimum absolute atomic E-state index is 0.0925. The summed E-state index contributed by atoms with van der Waals surface area (Å²) in [6.45, 7) is 8.15. The van der Waals surface area contributed by atoms with Gasteiger partial charge in [0.15, 0.2) is 0 Å². The topological polar surface area (TPSA) is 56.5 Å². The molecule has 0 rings (SSSR count). The van der Waals surface area contributed by atoms with Gasteiger partial charge in [-0.3, -0.25) is 11.3 Å². The maximum Gasteiger partial charge on any atom is 0.0763 e. The Kier molecular flexibility index (Phi) is 9.29. The van der Waals surface area contributed by atoms with Crippen LogP contribution in [-0.4, -0.2) is 32.0 Å². The zero-order valence-corrected chi connectivity index (χ0v) is 9.58. The third kappa shape index (κ3) is 5.54. The van der Waals surface area contributed by atoms with Gasteiger partial charge in [-0.05, 0) is 20.3 Å². The van der Waals surface area contributed by atoms with Gasteiger partial charge in [0.2, 0.25) is 0 Å². The van der Waals surface area contributed by atoms with E-state index in [1.54, 1.807) is 0 Å². The van der Waals surface area contributed by atoms with Crippen LogP contribution in [0.15, 0.2) is 0 Å². The van der Waals surface area contributed by atoms with Crippen LogP contribution in [0.4, 0.5) is 0 Å². The molecule has 0 aromatic rings. The van der Waals surface area contributed by atoms with Gasteiger partial charge in [-0.15, -0.1) is 0 Å². The monoisotopic (exact) mass is 204 g/mol. The summed E-state index contributed by atoms with van der Waals surface area (Å²) >= 11 is 0. The van der Waals surface area contributed by atoms with E-state index in [1.165, 1.54) is 0 Å². The fourth-order valence-electron chi connectivity index (χ4n) is 1.41. The third-order valence-corrected chi connectivity index (χ3v) is 2.12. The van der Waals surface area contributed by atoms with Gasteiger partial charge in [-0.1, -0.05) is 13.3 Å². The number of nitrogens with two attached hydrogens (primary N) is 1. The number of hydrogen-bond acceptors (Lipinski definition) is 4. The second-order valence-corrected chi connectivity index (χ2v) is 3.22. The van der Waals surface area contributed by atoms with Gasteiger partial charge < -0.3 is 9.47 Å². The molecular formula is C10H24N2O2. The first kappa shape index (κ1) is 13.8. The van der Waals surface area contributed by atoms with E-state index in [-0.39, 0.29) is 12.1 Å². The fraction of sp³-hybridized carbons (Fsp3) is 1.00. The number of hydrazine groups is 1. The van der Waals surface area contributed by atoms with Crippen molar-refractivity contribution in [2.75, 3.05) is 19.8 Å². The minimum atomic E-state index is 0.0925. The highest BCUT2D eigenvalue weighted by Crippen LogP contribution is 2.07. The standard InChI is InChI=1S/C10H24N2O2/c1-4-7-10(14-6-3)9(12-11)8-13-5-2/h9-10,12H,4-8,11H2,1-3H3. The summed E-state index contributed by atoms with van der Waals surface area (Å²) < 4.78 is 10.9. The lowest BCUT2D eigenvalue weighted by molar-refractivity contribution is -0.00224. The SMILES string of the molecule is CCCC(OCC)C(COCC)NN. The van der Waals surface area contributed by atoms with E-state index < -0.39 is 0 Å². The van der Waals surface area contributed by atoms with Crippen LogP contribution >= 0.6 is 0 Å². The molecule has 0 fully saturated rings. The molecule has 14 heavy (non-hydrogen) atoms. The predicted octanol–water partition coefficient (Wildman–Crippen LogP) is 1.06. The summed E-state index contributed by atoms with van der Waals surface area (Å²) in [5, 5.41) is 0. The van der Waals surface area contributed by atoms with Crippen molar-refractivity contribution >= 4 is 0 Å². The Morgan fingerprint density at radius 1 is 1.21 bits per heavy atom. The van der Waals surface area contributed by atoms with Crippen LogP contribution in [0.25, 0.3) is 0 Å². The van der Waals surface area contributed by atoms with Crippen molar-refractivity contribution in [3.8, 4) is 0 Å². The maximum atomic E-state index is 5.61. The molecule has 0 heterocycles. The molecule has 0 bridgehead atoms. The molecule has 0 saturated carbocycles. The van der Waals surface area contributed by atoms with E-state index in [2.05, 4.69) is 12.3 Å². The molecule has 0 amide bonds. The van der Waals surface area contributed by atoms with Gasteiger partial charge in [-0.2, -0.15) is 0 Å². The Bertz CT molecular complexity index is 117. The van der Waals surface area contributed by atoms with Crippen molar-refractivity contribution in [2.24, 2.45) is 5.84 Å². The number of rotatable bonds is 9. The molecule has 0 aliphatic heterocycles. The molecule has 0 aromatic carbocycles. The summed E-state index contributed by atoms with van der Waals surface area (Å²) in [7, 11) is 0. The van der Waals surface area contributed by atoms with Crippen molar-refractivity contribution in [1.82, 2.24) is 5.43 Å². The third-order valence-electron chi connectivity index (χ3n) is 2.12. The van der Waals surface area contributed by atoms with Gasteiger partial charge in [0.1, 0.15) is 0 Å². The molecule has 2 atom stereocenters. The van der Waals surface area contributed by atoms with Crippen molar-refractivity contribution in [2.45, 2.75) is 45.8 Å². The molecule has 0 radical (unpaired) electrons. The molecule has 2 unspecified atom stereocenters. The predicted molar refractivity (Wildman–Crippen MR) is 57.9 cm³/mol. The Morgan fingerprint density at radius 3 is 2.36 bits per heavy atom. The van der Waals surface area contributed by atoms with Crippen LogP contribution in [0.3, 0.4) is 0 Å². The minimum Gasteiger partial charge on any atom is -0.380 e. The van der Waals surface area contributed by atoms with E-state index in [1.807, 2.05) is 13.8 Å². The smallest absolute Gasteiger partial charge is 0.0763 e. The first-order valence-electron chi connectivity index (χ1n) is 5.45. The number of hydrogen-bond donors (Lipinski definition) is 2. The van der Waals surface area contributed by atoms with Crippen molar-refractivity contribution < 1.29 is 9.47 Å². The number of ether oxygens (including phenoxy) is 2. The summed E-state index contributed by atoms with van der Waals surface area (Å²) in [6, 6.07) is 0.0925. The average Bonchev–Trinajstić information content (AvgIpc) is 2.19. The molecular weight excluding hydrogens is 180 g/mol. The molecule has 4 nitrogen and oxygen atoms in total. The lowest BCUT2D eigenvalue weighted by atomic mass is 10.1. The summed E-state index contributed by atoms with van der Waals surface area (Å²) in [5.41, 5.74) is 2.76. The highest BCUT2D eigenvalue weighted by molar-refractivity contribution is 4.74. The lowest BCUT2D eigenvalue weighted by Crippen LogP contribution is -2.48. The maximum absolute atomic E-state index is 5.61. The summed E-state index contributed by atoms with van der Waals surface area (Å²) in [4.78, 5) is 0. The molecule has 0 aromatic heterocycles. The second kappa shape index (κ2) is 9.40. The largest absolute Gasteiger partial charge is 0.380 e. The number of nitrogens with one attached hydrogen (secondary N) is 1. The second-order valence-electron chi connectivity index (χ2n) is 3.22. The van der Waals surface area contributed by atoms with Crippen LogP contribution in [0.1, 0.15) is 33.6 Å². The van der Waals surface area contributed by atoms with Gasteiger partial charge in [0.05, 0.1) is 18.8 Å². The molecule has 0 aliphatic carbocycles.